The van der Waals surface area contributed by atoms with Crippen LogP contribution in [-0.4, -0.2) is 33.3 Å². The third-order valence-corrected chi connectivity index (χ3v) is 5.08. The van der Waals surface area contributed by atoms with Crippen LogP contribution in [0.5, 0.6) is 0 Å². The molecule has 1 aromatic carbocycles. The second-order valence-electron chi connectivity index (χ2n) is 4.91. The molecule has 21 heavy (non-hydrogen) atoms. The molecule has 0 aromatic heterocycles. The first-order valence-electron chi connectivity index (χ1n) is 6.76. The molecule has 0 heterocycles. The van der Waals surface area contributed by atoms with E-state index in [1.165, 1.54) is 13.2 Å². The summed E-state index contributed by atoms with van der Waals surface area (Å²) in [6.45, 7) is 3.68. The van der Waals surface area contributed by atoms with Crippen LogP contribution in [0.4, 0.5) is 0 Å². The third-order valence-electron chi connectivity index (χ3n) is 3.22. The molecule has 0 spiro atoms. The molecule has 1 atom stereocenters. The number of nitrogens with one attached hydrogen (secondary N) is 1. The maximum atomic E-state index is 12.5. The van der Waals surface area contributed by atoms with Gasteiger partial charge >= 0.3 is 0 Å². The van der Waals surface area contributed by atoms with Gasteiger partial charge in [-0.1, -0.05) is 24.9 Å². The average molecular weight is 336 g/mol. The molecular formula is C14H22ClNO4S. The Bertz CT molecular complexity index is 569. The van der Waals surface area contributed by atoms with Crippen LogP contribution in [0.3, 0.4) is 0 Å². The van der Waals surface area contributed by atoms with Gasteiger partial charge in [0, 0.05) is 18.2 Å². The van der Waals surface area contributed by atoms with Crippen LogP contribution >= 0.6 is 11.6 Å². The second-order valence-corrected chi connectivity index (χ2v) is 7.03. The van der Waals surface area contributed by atoms with Gasteiger partial charge in [-0.2, -0.15) is 0 Å². The van der Waals surface area contributed by atoms with E-state index in [2.05, 4.69) is 4.72 Å². The van der Waals surface area contributed by atoms with Crippen molar-refractivity contribution in [3.63, 3.8) is 0 Å². The van der Waals surface area contributed by atoms with Crippen LogP contribution in [-0.2, 0) is 21.4 Å². The van der Waals surface area contributed by atoms with Gasteiger partial charge in [-0.3, -0.25) is 0 Å². The number of rotatable bonds is 8. The Morgan fingerprint density at radius 3 is 2.62 bits per heavy atom. The van der Waals surface area contributed by atoms with Gasteiger partial charge < -0.3 is 9.84 Å². The molecule has 0 aliphatic carbocycles. The highest BCUT2D eigenvalue weighted by molar-refractivity contribution is 7.89. The first-order valence-corrected chi connectivity index (χ1v) is 8.63. The van der Waals surface area contributed by atoms with Crippen LogP contribution in [0.15, 0.2) is 17.0 Å². The summed E-state index contributed by atoms with van der Waals surface area (Å²) in [5.74, 6) is 0. The van der Waals surface area contributed by atoms with E-state index in [1.54, 1.807) is 13.0 Å². The summed E-state index contributed by atoms with van der Waals surface area (Å²) >= 11 is 5.94. The summed E-state index contributed by atoms with van der Waals surface area (Å²) in [6, 6.07) is 2.67. The second kappa shape index (κ2) is 8.10. The first kappa shape index (κ1) is 18.4. The first-order chi connectivity index (χ1) is 9.85. The number of methoxy groups -OCH3 is 1. The van der Waals surface area contributed by atoms with Crippen molar-refractivity contribution in [1.29, 1.82) is 0 Å². The molecule has 120 valence electrons. The van der Waals surface area contributed by atoms with Crippen molar-refractivity contribution >= 4 is 21.6 Å². The van der Waals surface area contributed by atoms with Gasteiger partial charge in [-0.05, 0) is 36.6 Å². The van der Waals surface area contributed by atoms with E-state index >= 15 is 0 Å². The highest BCUT2D eigenvalue weighted by atomic mass is 35.5. The van der Waals surface area contributed by atoms with Gasteiger partial charge in [0.2, 0.25) is 10.0 Å². The van der Waals surface area contributed by atoms with Gasteiger partial charge in [0.15, 0.2) is 0 Å². The third kappa shape index (κ3) is 4.93. The minimum Gasteiger partial charge on any atom is -0.392 e. The molecule has 1 unspecified atom stereocenters. The zero-order chi connectivity index (χ0) is 16.0. The molecule has 0 saturated heterocycles. The molecule has 0 fully saturated rings. The van der Waals surface area contributed by atoms with Crippen LogP contribution in [0, 0.1) is 6.92 Å². The van der Waals surface area contributed by atoms with E-state index in [4.69, 9.17) is 16.3 Å². The Morgan fingerprint density at radius 2 is 2.10 bits per heavy atom. The molecule has 1 aromatic rings. The standard InChI is InChI=1S/C14H22ClNO4S/c1-4-5-13(9-20-3)16-21(18,19)14-7-12(15)6-11(8-17)10(14)2/h6-7,13,16-17H,4-5,8-9H2,1-3H3. The lowest BCUT2D eigenvalue weighted by molar-refractivity contribution is 0.171. The van der Waals surface area contributed by atoms with Crippen molar-refractivity contribution in [2.45, 2.75) is 44.2 Å². The Hall–Kier alpha value is -0.660. The molecule has 0 bridgehead atoms. The minimum absolute atomic E-state index is 0.0938. The summed E-state index contributed by atoms with van der Waals surface area (Å²) in [5.41, 5.74) is 1.00. The van der Waals surface area contributed by atoms with E-state index in [0.29, 0.717) is 24.2 Å². The summed E-state index contributed by atoms with van der Waals surface area (Å²) < 4.78 is 32.7. The van der Waals surface area contributed by atoms with Crippen LogP contribution in [0.25, 0.3) is 0 Å². The normalized spacial score (nSPS) is 13.4. The molecule has 1 rings (SSSR count). The molecule has 5 nitrogen and oxygen atoms in total. The average Bonchev–Trinajstić information content (AvgIpc) is 2.41. The monoisotopic (exact) mass is 335 g/mol. The van der Waals surface area contributed by atoms with Gasteiger partial charge in [0.25, 0.3) is 0 Å². The van der Waals surface area contributed by atoms with Gasteiger partial charge in [0.05, 0.1) is 18.1 Å². The number of ether oxygens (including phenoxy) is 1. The fourth-order valence-electron chi connectivity index (χ4n) is 2.16. The lowest BCUT2D eigenvalue weighted by Crippen LogP contribution is -2.38. The van der Waals surface area contributed by atoms with Crippen LogP contribution < -0.4 is 4.72 Å². The van der Waals surface area contributed by atoms with E-state index < -0.39 is 10.0 Å². The maximum Gasteiger partial charge on any atom is 0.241 e. The van der Waals surface area contributed by atoms with Crippen molar-refractivity contribution in [2.24, 2.45) is 0 Å². The molecule has 0 aliphatic heterocycles. The zero-order valence-electron chi connectivity index (χ0n) is 12.5. The Morgan fingerprint density at radius 1 is 1.43 bits per heavy atom. The number of halogens is 1. The van der Waals surface area contributed by atoms with E-state index in [-0.39, 0.29) is 22.6 Å². The smallest absolute Gasteiger partial charge is 0.241 e. The molecule has 0 radical (unpaired) electrons. The summed E-state index contributed by atoms with van der Waals surface area (Å²) in [4.78, 5) is 0.0938. The van der Waals surface area contributed by atoms with Gasteiger partial charge in [0.1, 0.15) is 0 Å². The molecule has 7 heteroatoms. The predicted octanol–water partition coefficient (Wildman–Crippen LogP) is 2.23. The Labute approximate surface area is 131 Å². The topological polar surface area (TPSA) is 75.6 Å². The molecule has 0 aliphatic rings. The number of aliphatic hydroxyl groups excluding tert-OH is 1. The van der Waals surface area contributed by atoms with Gasteiger partial charge in [-0.25, -0.2) is 13.1 Å². The van der Waals surface area contributed by atoms with Crippen molar-refractivity contribution in [2.75, 3.05) is 13.7 Å². The fourth-order valence-corrected chi connectivity index (χ4v) is 4.03. The van der Waals surface area contributed by atoms with E-state index in [0.717, 1.165) is 6.42 Å². The van der Waals surface area contributed by atoms with Crippen LogP contribution in [0.1, 0.15) is 30.9 Å². The number of hydrogen-bond acceptors (Lipinski definition) is 4. The minimum atomic E-state index is -3.72. The highest BCUT2D eigenvalue weighted by Crippen LogP contribution is 2.25. The quantitative estimate of drug-likeness (QED) is 0.764. The van der Waals surface area contributed by atoms with Gasteiger partial charge in [-0.15, -0.1) is 0 Å². The van der Waals surface area contributed by atoms with E-state index in [1.807, 2.05) is 6.92 Å². The Kier molecular flexibility index (Phi) is 7.09. The van der Waals surface area contributed by atoms with E-state index in [9.17, 15) is 13.5 Å². The number of sulfonamides is 1. The highest BCUT2D eigenvalue weighted by Gasteiger charge is 2.23. The molecular weight excluding hydrogens is 314 g/mol. The maximum absolute atomic E-state index is 12.5. The lowest BCUT2D eigenvalue weighted by atomic mass is 10.1. The molecule has 0 saturated carbocycles. The summed E-state index contributed by atoms with van der Waals surface area (Å²) in [7, 11) is -2.18. The summed E-state index contributed by atoms with van der Waals surface area (Å²) in [5, 5.41) is 9.57. The largest absolute Gasteiger partial charge is 0.392 e. The van der Waals surface area contributed by atoms with Crippen molar-refractivity contribution in [3.8, 4) is 0 Å². The van der Waals surface area contributed by atoms with Crippen molar-refractivity contribution < 1.29 is 18.3 Å². The summed E-state index contributed by atoms with van der Waals surface area (Å²) in [6.07, 6.45) is 1.52. The molecule has 2 N–H and O–H groups in total. The van der Waals surface area contributed by atoms with Crippen LogP contribution in [0.2, 0.25) is 5.02 Å². The SMILES string of the molecule is CCCC(COC)NS(=O)(=O)c1cc(Cl)cc(CO)c1C. The number of hydrogen-bond donors (Lipinski definition) is 2. The Balaban J connectivity index is 3.15. The molecule has 0 amide bonds. The number of benzene rings is 1. The van der Waals surface area contributed by atoms with Crippen molar-refractivity contribution in [3.05, 3.63) is 28.3 Å². The predicted molar refractivity (Wildman–Crippen MR) is 83.0 cm³/mol. The number of aliphatic hydroxyl groups is 1. The zero-order valence-corrected chi connectivity index (χ0v) is 14.1. The van der Waals surface area contributed by atoms with Crippen molar-refractivity contribution in [1.82, 2.24) is 4.72 Å². The lowest BCUT2D eigenvalue weighted by Gasteiger charge is -2.19. The fraction of sp³-hybridized carbons (Fsp3) is 0.571.